The highest BCUT2D eigenvalue weighted by Gasteiger charge is 2.11. The second-order valence-electron chi connectivity index (χ2n) is 4.78. The molecule has 116 valence electrons. The zero-order valence-electron chi connectivity index (χ0n) is 12.0. The highest BCUT2D eigenvalue weighted by atomic mass is 35.5. The summed E-state index contributed by atoms with van der Waals surface area (Å²) in [5.74, 6) is 0.356. The monoisotopic (exact) mass is 347 g/mol. The quantitative estimate of drug-likeness (QED) is 0.787. The van der Waals surface area contributed by atoms with E-state index in [1.54, 1.807) is 54.2 Å². The van der Waals surface area contributed by atoms with Gasteiger partial charge in [0.15, 0.2) is 5.82 Å². The van der Waals surface area contributed by atoms with Crippen LogP contribution in [0.4, 0.5) is 5.69 Å². The molecule has 23 heavy (non-hydrogen) atoms. The van der Waals surface area contributed by atoms with Crippen molar-refractivity contribution in [2.75, 3.05) is 5.32 Å². The van der Waals surface area contributed by atoms with Crippen molar-refractivity contribution < 1.29 is 4.79 Å². The lowest BCUT2D eigenvalue weighted by molar-refractivity contribution is 0.102. The van der Waals surface area contributed by atoms with E-state index >= 15 is 0 Å². The lowest BCUT2D eigenvalue weighted by Crippen LogP contribution is -2.12. The first-order valence-corrected chi connectivity index (χ1v) is 7.39. The SMILES string of the molecule is Cn1nnnc1-c1ccc(C(=O)Nc2ccc(Cl)cc2Cl)cc1. The van der Waals surface area contributed by atoms with E-state index in [1.165, 1.54) is 0 Å². The molecule has 0 radical (unpaired) electrons. The third-order valence-electron chi connectivity index (χ3n) is 3.20. The number of amides is 1. The van der Waals surface area contributed by atoms with Crippen molar-refractivity contribution in [3.05, 3.63) is 58.1 Å². The van der Waals surface area contributed by atoms with Gasteiger partial charge in [-0.15, -0.1) is 5.10 Å². The van der Waals surface area contributed by atoms with Gasteiger partial charge in [-0.2, -0.15) is 0 Å². The van der Waals surface area contributed by atoms with Crippen LogP contribution >= 0.6 is 23.2 Å². The van der Waals surface area contributed by atoms with Gasteiger partial charge in [-0.25, -0.2) is 4.68 Å². The standard InChI is InChI=1S/C15H11Cl2N5O/c1-22-14(19-20-21-22)9-2-4-10(5-3-9)15(23)18-13-7-6-11(16)8-12(13)17/h2-8H,1H3,(H,18,23). The van der Waals surface area contributed by atoms with Crippen LogP contribution < -0.4 is 5.32 Å². The summed E-state index contributed by atoms with van der Waals surface area (Å²) in [6.07, 6.45) is 0. The van der Waals surface area contributed by atoms with Gasteiger partial charge in [-0.05, 0) is 40.8 Å². The average molecular weight is 348 g/mol. The van der Waals surface area contributed by atoms with E-state index in [4.69, 9.17) is 23.2 Å². The van der Waals surface area contributed by atoms with Crippen LogP contribution in [0.25, 0.3) is 11.4 Å². The molecule has 3 aromatic rings. The molecule has 0 bridgehead atoms. The summed E-state index contributed by atoms with van der Waals surface area (Å²) >= 11 is 11.9. The maximum Gasteiger partial charge on any atom is 0.255 e. The van der Waals surface area contributed by atoms with E-state index in [1.807, 2.05) is 0 Å². The molecule has 0 spiro atoms. The Morgan fingerprint density at radius 1 is 1.13 bits per heavy atom. The molecule has 0 saturated heterocycles. The van der Waals surface area contributed by atoms with Crippen molar-refractivity contribution in [1.82, 2.24) is 20.2 Å². The highest BCUT2D eigenvalue weighted by molar-refractivity contribution is 6.36. The number of carbonyl (C=O) groups excluding carboxylic acids is 1. The van der Waals surface area contributed by atoms with Crippen molar-refractivity contribution in [2.24, 2.45) is 7.05 Å². The summed E-state index contributed by atoms with van der Waals surface area (Å²) in [5, 5.41) is 14.9. The number of halogens is 2. The van der Waals surface area contributed by atoms with Crippen LogP contribution in [0.15, 0.2) is 42.5 Å². The molecular weight excluding hydrogens is 337 g/mol. The number of aryl methyl sites for hydroxylation is 1. The lowest BCUT2D eigenvalue weighted by atomic mass is 10.1. The zero-order valence-corrected chi connectivity index (χ0v) is 13.5. The van der Waals surface area contributed by atoms with Crippen LogP contribution in [-0.2, 0) is 7.05 Å². The normalized spacial score (nSPS) is 10.6. The number of hydrogen-bond acceptors (Lipinski definition) is 4. The predicted molar refractivity (Wildman–Crippen MR) is 88.6 cm³/mol. The molecule has 0 aliphatic carbocycles. The van der Waals surface area contributed by atoms with Crippen molar-refractivity contribution >= 4 is 34.8 Å². The number of carbonyl (C=O) groups is 1. The topological polar surface area (TPSA) is 72.7 Å². The number of benzene rings is 2. The Balaban J connectivity index is 1.79. The second kappa shape index (κ2) is 6.36. The molecule has 2 aromatic carbocycles. The molecule has 0 saturated carbocycles. The zero-order chi connectivity index (χ0) is 16.4. The van der Waals surface area contributed by atoms with Gasteiger partial charge in [0.25, 0.3) is 5.91 Å². The van der Waals surface area contributed by atoms with Crippen LogP contribution in [0.1, 0.15) is 10.4 Å². The smallest absolute Gasteiger partial charge is 0.255 e. The van der Waals surface area contributed by atoms with E-state index in [0.29, 0.717) is 27.1 Å². The molecule has 1 aromatic heterocycles. The summed E-state index contributed by atoms with van der Waals surface area (Å²) in [6, 6.07) is 11.8. The Labute approximate surface area is 142 Å². The summed E-state index contributed by atoms with van der Waals surface area (Å²) in [4.78, 5) is 12.3. The van der Waals surface area contributed by atoms with E-state index in [0.717, 1.165) is 5.56 Å². The fraction of sp³-hybridized carbons (Fsp3) is 0.0667. The molecule has 8 heteroatoms. The van der Waals surface area contributed by atoms with E-state index in [-0.39, 0.29) is 5.91 Å². The summed E-state index contributed by atoms with van der Waals surface area (Å²) < 4.78 is 1.56. The predicted octanol–water partition coefficient (Wildman–Crippen LogP) is 3.44. The first-order chi connectivity index (χ1) is 11.0. The maximum atomic E-state index is 12.3. The molecular formula is C15H11Cl2N5O. The number of aromatic nitrogens is 4. The Hall–Kier alpha value is -2.44. The number of rotatable bonds is 3. The molecule has 1 heterocycles. The fourth-order valence-corrected chi connectivity index (χ4v) is 2.49. The Morgan fingerprint density at radius 3 is 2.48 bits per heavy atom. The number of anilines is 1. The van der Waals surface area contributed by atoms with Gasteiger partial charge in [-0.1, -0.05) is 35.3 Å². The van der Waals surface area contributed by atoms with Gasteiger partial charge >= 0.3 is 0 Å². The van der Waals surface area contributed by atoms with Gasteiger partial charge in [0.1, 0.15) is 0 Å². The summed E-state index contributed by atoms with van der Waals surface area (Å²) in [7, 11) is 1.75. The number of hydrogen-bond donors (Lipinski definition) is 1. The Kier molecular flexibility index (Phi) is 4.27. The summed E-state index contributed by atoms with van der Waals surface area (Å²) in [6.45, 7) is 0. The Bertz CT molecular complexity index is 861. The first-order valence-electron chi connectivity index (χ1n) is 6.64. The molecule has 0 fully saturated rings. The number of nitrogens with zero attached hydrogens (tertiary/aromatic N) is 4. The largest absolute Gasteiger partial charge is 0.321 e. The van der Waals surface area contributed by atoms with Gasteiger partial charge in [-0.3, -0.25) is 4.79 Å². The van der Waals surface area contributed by atoms with Gasteiger partial charge in [0, 0.05) is 23.2 Å². The van der Waals surface area contributed by atoms with E-state index < -0.39 is 0 Å². The summed E-state index contributed by atoms with van der Waals surface area (Å²) in [5.41, 5.74) is 1.82. The molecule has 0 aliphatic rings. The molecule has 1 N–H and O–H groups in total. The third kappa shape index (κ3) is 3.33. The highest BCUT2D eigenvalue weighted by Crippen LogP contribution is 2.26. The van der Waals surface area contributed by atoms with Crippen LogP contribution in [0, 0.1) is 0 Å². The van der Waals surface area contributed by atoms with Gasteiger partial charge in [0.05, 0.1) is 10.7 Å². The van der Waals surface area contributed by atoms with Gasteiger partial charge < -0.3 is 5.32 Å². The van der Waals surface area contributed by atoms with Crippen molar-refractivity contribution in [1.29, 1.82) is 0 Å². The average Bonchev–Trinajstić information content (AvgIpc) is 2.96. The number of nitrogens with one attached hydrogen (secondary N) is 1. The van der Waals surface area contributed by atoms with E-state index in [9.17, 15) is 4.79 Å². The molecule has 3 rings (SSSR count). The first kappa shape index (κ1) is 15.5. The fourth-order valence-electron chi connectivity index (χ4n) is 2.03. The maximum absolute atomic E-state index is 12.3. The second-order valence-corrected chi connectivity index (χ2v) is 5.63. The molecule has 6 nitrogen and oxygen atoms in total. The molecule has 0 aliphatic heterocycles. The molecule has 0 unspecified atom stereocenters. The van der Waals surface area contributed by atoms with Crippen LogP contribution in [-0.4, -0.2) is 26.1 Å². The van der Waals surface area contributed by atoms with Crippen molar-refractivity contribution in [3.63, 3.8) is 0 Å². The van der Waals surface area contributed by atoms with Crippen LogP contribution in [0.2, 0.25) is 10.0 Å². The lowest BCUT2D eigenvalue weighted by Gasteiger charge is -2.08. The van der Waals surface area contributed by atoms with Gasteiger partial charge in [0.2, 0.25) is 0 Å². The van der Waals surface area contributed by atoms with Crippen LogP contribution in [0.5, 0.6) is 0 Å². The minimum Gasteiger partial charge on any atom is -0.321 e. The molecule has 1 amide bonds. The molecule has 0 atom stereocenters. The van der Waals surface area contributed by atoms with Crippen LogP contribution in [0.3, 0.4) is 0 Å². The minimum absolute atomic E-state index is 0.267. The van der Waals surface area contributed by atoms with Crippen molar-refractivity contribution in [3.8, 4) is 11.4 Å². The minimum atomic E-state index is -0.267. The van der Waals surface area contributed by atoms with E-state index in [2.05, 4.69) is 20.8 Å². The van der Waals surface area contributed by atoms with Crippen molar-refractivity contribution in [2.45, 2.75) is 0 Å². The third-order valence-corrected chi connectivity index (χ3v) is 3.75. The number of tetrazole rings is 1. The Morgan fingerprint density at radius 2 is 1.87 bits per heavy atom.